The minimum Gasteiger partial charge on any atom is -0.485 e. The SMILES string of the molecule is O=C(NNC(=O)C1(c2ccc(Cl)cc2)CCCCC1)C1COc2ccccc2O1. The number of benzene rings is 2. The lowest BCUT2D eigenvalue weighted by Gasteiger charge is -2.36. The first-order chi connectivity index (χ1) is 14.1. The monoisotopic (exact) mass is 414 g/mol. The molecule has 1 atom stereocenters. The number of nitrogens with one attached hydrogen (secondary N) is 2. The molecule has 1 aliphatic carbocycles. The first-order valence-corrected chi connectivity index (χ1v) is 10.2. The van der Waals surface area contributed by atoms with Gasteiger partial charge in [0.05, 0.1) is 5.41 Å². The molecule has 0 saturated heterocycles. The van der Waals surface area contributed by atoms with Gasteiger partial charge >= 0.3 is 0 Å². The molecule has 0 bridgehead atoms. The molecule has 1 aliphatic heterocycles. The third-order valence-electron chi connectivity index (χ3n) is 5.64. The number of hydrazine groups is 1. The summed E-state index contributed by atoms with van der Waals surface area (Å²) >= 11 is 6.02. The van der Waals surface area contributed by atoms with E-state index in [-0.39, 0.29) is 12.5 Å². The smallest absolute Gasteiger partial charge is 0.283 e. The zero-order valence-electron chi connectivity index (χ0n) is 15.9. The van der Waals surface area contributed by atoms with Gasteiger partial charge in [-0.25, -0.2) is 0 Å². The van der Waals surface area contributed by atoms with E-state index in [1.54, 1.807) is 24.3 Å². The molecule has 1 heterocycles. The molecule has 1 fully saturated rings. The highest BCUT2D eigenvalue weighted by Gasteiger charge is 2.41. The van der Waals surface area contributed by atoms with Crippen LogP contribution in [0.5, 0.6) is 11.5 Å². The molecule has 152 valence electrons. The zero-order chi connectivity index (χ0) is 20.3. The highest BCUT2D eigenvalue weighted by molar-refractivity contribution is 6.30. The van der Waals surface area contributed by atoms with Crippen molar-refractivity contribution in [3.05, 3.63) is 59.1 Å². The predicted octanol–water partition coefficient (Wildman–Crippen LogP) is 3.53. The Balaban J connectivity index is 1.43. The van der Waals surface area contributed by atoms with E-state index < -0.39 is 17.4 Å². The number of fused-ring (bicyclic) bond motifs is 1. The third-order valence-corrected chi connectivity index (χ3v) is 5.89. The molecule has 2 aromatic carbocycles. The molecule has 6 nitrogen and oxygen atoms in total. The van der Waals surface area contributed by atoms with Crippen LogP contribution in [0.4, 0.5) is 0 Å². The fraction of sp³-hybridized carbons (Fsp3) is 0.364. The second-order valence-electron chi connectivity index (χ2n) is 7.46. The Morgan fingerprint density at radius 2 is 1.62 bits per heavy atom. The maximum absolute atomic E-state index is 13.2. The second kappa shape index (κ2) is 8.33. The summed E-state index contributed by atoms with van der Waals surface area (Å²) in [4.78, 5) is 25.7. The number of halogens is 1. The van der Waals surface area contributed by atoms with Crippen molar-refractivity contribution < 1.29 is 19.1 Å². The summed E-state index contributed by atoms with van der Waals surface area (Å²) < 4.78 is 11.3. The molecule has 2 amide bonds. The summed E-state index contributed by atoms with van der Waals surface area (Å²) in [5, 5.41) is 0.628. The first-order valence-electron chi connectivity index (χ1n) is 9.83. The Labute approximate surface area is 174 Å². The highest BCUT2D eigenvalue weighted by atomic mass is 35.5. The number of hydrogen-bond donors (Lipinski definition) is 2. The van der Waals surface area contributed by atoms with Gasteiger partial charge in [-0.15, -0.1) is 0 Å². The Bertz CT molecular complexity index is 894. The third kappa shape index (κ3) is 4.03. The van der Waals surface area contributed by atoms with E-state index in [2.05, 4.69) is 10.9 Å². The number of hydrogen-bond acceptors (Lipinski definition) is 4. The lowest BCUT2D eigenvalue weighted by Crippen LogP contribution is -2.56. The van der Waals surface area contributed by atoms with Crippen molar-refractivity contribution in [2.75, 3.05) is 6.61 Å². The summed E-state index contributed by atoms with van der Waals surface area (Å²) in [7, 11) is 0. The van der Waals surface area contributed by atoms with Gasteiger partial charge in [0.15, 0.2) is 11.5 Å². The molecular formula is C22H23ClN2O4. The Morgan fingerprint density at radius 1 is 0.931 bits per heavy atom. The van der Waals surface area contributed by atoms with Crippen molar-refractivity contribution in [2.45, 2.75) is 43.6 Å². The summed E-state index contributed by atoms with van der Waals surface area (Å²) in [5.41, 5.74) is 5.38. The van der Waals surface area contributed by atoms with E-state index >= 15 is 0 Å². The highest BCUT2D eigenvalue weighted by Crippen LogP contribution is 2.40. The maximum Gasteiger partial charge on any atom is 0.283 e. The maximum atomic E-state index is 13.2. The quantitative estimate of drug-likeness (QED) is 0.753. The van der Waals surface area contributed by atoms with Crippen LogP contribution >= 0.6 is 11.6 Å². The summed E-state index contributed by atoms with van der Waals surface area (Å²) in [6, 6.07) is 14.5. The summed E-state index contributed by atoms with van der Waals surface area (Å²) in [6.07, 6.45) is 3.64. The molecule has 0 spiro atoms. The van der Waals surface area contributed by atoms with Crippen LogP contribution in [0.1, 0.15) is 37.7 Å². The van der Waals surface area contributed by atoms with Gasteiger partial charge in [-0.2, -0.15) is 0 Å². The van der Waals surface area contributed by atoms with Crippen LogP contribution in [0, 0.1) is 0 Å². The Morgan fingerprint density at radius 3 is 2.34 bits per heavy atom. The lowest BCUT2D eigenvalue weighted by molar-refractivity contribution is -0.137. The Hall–Kier alpha value is -2.73. The van der Waals surface area contributed by atoms with Gasteiger partial charge < -0.3 is 9.47 Å². The van der Waals surface area contributed by atoms with Gasteiger partial charge in [0.25, 0.3) is 5.91 Å². The topological polar surface area (TPSA) is 76.7 Å². The second-order valence-corrected chi connectivity index (χ2v) is 7.89. The largest absolute Gasteiger partial charge is 0.485 e. The molecule has 2 N–H and O–H groups in total. The number of para-hydroxylation sites is 2. The Kier molecular flexibility index (Phi) is 5.62. The van der Waals surface area contributed by atoms with E-state index in [4.69, 9.17) is 21.1 Å². The number of amides is 2. The van der Waals surface area contributed by atoms with Crippen LogP contribution in [-0.2, 0) is 15.0 Å². The summed E-state index contributed by atoms with van der Waals surface area (Å²) in [6.45, 7) is 0.0844. The van der Waals surface area contributed by atoms with Crippen molar-refractivity contribution in [2.24, 2.45) is 0 Å². The number of carbonyl (C=O) groups excluding carboxylic acids is 2. The zero-order valence-corrected chi connectivity index (χ0v) is 16.7. The van der Waals surface area contributed by atoms with Crippen molar-refractivity contribution in [1.29, 1.82) is 0 Å². The van der Waals surface area contributed by atoms with Gasteiger partial charge in [0, 0.05) is 5.02 Å². The van der Waals surface area contributed by atoms with Crippen LogP contribution in [0.15, 0.2) is 48.5 Å². The number of carbonyl (C=O) groups is 2. The van der Waals surface area contributed by atoms with Crippen molar-refractivity contribution in [3.63, 3.8) is 0 Å². The fourth-order valence-corrected chi connectivity index (χ4v) is 4.16. The van der Waals surface area contributed by atoms with E-state index in [1.165, 1.54) is 0 Å². The molecule has 0 radical (unpaired) electrons. The molecule has 7 heteroatoms. The molecule has 29 heavy (non-hydrogen) atoms. The van der Waals surface area contributed by atoms with Gasteiger partial charge in [-0.05, 0) is 42.7 Å². The predicted molar refractivity (Wildman–Crippen MR) is 109 cm³/mol. The molecule has 4 rings (SSSR count). The van der Waals surface area contributed by atoms with Crippen LogP contribution < -0.4 is 20.3 Å². The minimum atomic E-state index is -0.831. The summed E-state index contributed by atoms with van der Waals surface area (Å²) in [5.74, 6) is 0.444. The van der Waals surface area contributed by atoms with E-state index in [1.807, 2.05) is 24.3 Å². The first kappa shape index (κ1) is 19.6. The van der Waals surface area contributed by atoms with Crippen LogP contribution in [0.25, 0.3) is 0 Å². The molecule has 0 aromatic heterocycles. The standard InChI is InChI=1S/C22H23ClN2O4/c23-16-10-8-15(9-11-16)22(12-4-1-5-13-22)21(27)25-24-20(26)19-14-28-17-6-2-3-7-18(17)29-19/h2-3,6-11,19H,1,4-5,12-14H2,(H,24,26)(H,25,27). The van der Waals surface area contributed by atoms with Crippen LogP contribution in [0.2, 0.25) is 5.02 Å². The average Bonchev–Trinajstić information content (AvgIpc) is 2.77. The normalized spacial score (nSPS) is 19.8. The van der Waals surface area contributed by atoms with Gasteiger partial charge in [-0.3, -0.25) is 20.4 Å². The van der Waals surface area contributed by atoms with Gasteiger partial charge in [0.1, 0.15) is 6.61 Å². The molecule has 2 aliphatic rings. The minimum absolute atomic E-state index is 0.0844. The van der Waals surface area contributed by atoms with Crippen molar-refractivity contribution >= 4 is 23.4 Å². The molecule has 1 saturated carbocycles. The lowest BCUT2D eigenvalue weighted by atomic mass is 9.69. The molecule has 1 unspecified atom stereocenters. The van der Waals surface area contributed by atoms with Crippen molar-refractivity contribution in [1.82, 2.24) is 10.9 Å². The fourth-order valence-electron chi connectivity index (χ4n) is 4.04. The van der Waals surface area contributed by atoms with Crippen LogP contribution in [-0.4, -0.2) is 24.5 Å². The number of rotatable bonds is 3. The molecule has 2 aromatic rings. The van der Waals surface area contributed by atoms with Crippen LogP contribution in [0.3, 0.4) is 0 Å². The van der Waals surface area contributed by atoms with E-state index in [0.717, 1.165) is 37.7 Å². The molecular weight excluding hydrogens is 392 g/mol. The van der Waals surface area contributed by atoms with E-state index in [9.17, 15) is 9.59 Å². The number of ether oxygens (including phenoxy) is 2. The van der Waals surface area contributed by atoms with Gasteiger partial charge in [0.2, 0.25) is 12.0 Å². The van der Waals surface area contributed by atoms with E-state index in [0.29, 0.717) is 16.5 Å². The average molecular weight is 415 g/mol. The van der Waals surface area contributed by atoms with Gasteiger partial charge in [-0.1, -0.05) is 55.1 Å². The van der Waals surface area contributed by atoms with Crippen molar-refractivity contribution in [3.8, 4) is 11.5 Å².